The zero-order chi connectivity index (χ0) is 30.6. The normalized spacial score (nSPS) is 16.4. The quantitative estimate of drug-likeness (QED) is 0.165. The summed E-state index contributed by atoms with van der Waals surface area (Å²) in [5.74, 6) is -0.848. The molecule has 220 valence electrons. The summed E-state index contributed by atoms with van der Waals surface area (Å²) in [4.78, 5) is 40.3. The lowest BCUT2D eigenvalue weighted by molar-refractivity contribution is -0.137. The van der Waals surface area contributed by atoms with Crippen LogP contribution in [0.2, 0.25) is 0 Å². The fraction of sp³-hybridized carbons (Fsp3) is 0.294. The fourth-order valence-electron chi connectivity index (χ4n) is 6.14. The van der Waals surface area contributed by atoms with Gasteiger partial charge >= 0.3 is 11.9 Å². The van der Waals surface area contributed by atoms with Crippen LogP contribution in [0.5, 0.6) is 0 Å². The van der Waals surface area contributed by atoms with Crippen molar-refractivity contribution in [3.8, 4) is 0 Å². The Kier molecular flexibility index (Phi) is 7.38. The maximum atomic E-state index is 11.6. The van der Waals surface area contributed by atoms with Crippen LogP contribution < -0.4 is 0 Å². The highest BCUT2D eigenvalue weighted by Gasteiger charge is 2.33. The van der Waals surface area contributed by atoms with E-state index in [9.17, 15) is 19.8 Å². The lowest BCUT2D eigenvalue weighted by Gasteiger charge is -2.02. The number of thioether (sulfide) groups is 1. The van der Waals surface area contributed by atoms with Gasteiger partial charge in [-0.05, 0) is 110 Å². The zero-order valence-corrected chi connectivity index (χ0v) is 25.7. The van der Waals surface area contributed by atoms with Gasteiger partial charge in [-0.2, -0.15) is 11.8 Å². The predicted molar refractivity (Wildman–Crippen MR) is 175 cm³/mol. The Hall–Kier alpha value is -4.37. The van der Waals surface area contributed by atoms with Crippen molar-refractivity contribution in [2.75, 3.05) is 5.75 Å². The minimum atomic E-state index is -1.04. The van der Waals surface area contributed by atoms with Crippen molar-refractivity contribution in [3.05, 3.63) is 75.4 Å². The number of rotatable bonds is 7. The molecule has 3 aromatic heterocycles. The average Bonchev–Trinajstić information content (AvgIpc) is 3.50. The third-order valence-electron chi connectivity index (χ3n) is 8.63. The molecule has 0 saturated carbocycles. The Labute approximate surface area is 253 Å². The van der Waals surface area contributed by atoms with Gasteiger partial charge < -0.3 is 20.2 Å². The van der Waals surface area contributed by atoms with Gasteiger partial charge in [0.1, 0.15) is 0 Å². The lowest BCUT2D eigenvalue weighted by Crippen LogP contribution is -1.95. The molecule has 6 heterocycles. The molecule has 0 spiro atoms. The molecule has 9 heteroatoms. The van der Waals surface area contributed by atoms with Gasteiger partial charge in [0.25, 0.3) is 0 Å². The molecule has 0 aromatic carbocycles. The van der Waals surface area contributed by atoms with Gasteiger partial charge in [0, 0.05) is 51.1 Å². The highest BCUT2D eigenvalue weighted by atomic mass is 32.2. The molecule has 3 aromatic rings. The molecule has 0 unspecified atom stereocenters. The van der Waals surface area contributed by atoms with E-state index in [4.69, 9.17) is 9.97 Å². The first-order valence-corrected chi connectivity index (χ1v) is 15.5. The van der Waals surface area contributed by atoms with Crippen molar-refractivity contribution < 1.29 is 19.8 Å². The Morgan fingerprint density at radius 2 is 1.49 bits per heavy atom. The largest absolute Gasteiger partial charge is 0.481 e. The van der Waals surface area contributed by atoms with Gasteiger partial charge in [-0.15, -0.1) is 0 Å². The number of carboxylic acid groups (broad SMARTS) is 2. The number of H-pyrrole nitrogens is 2. The van der Waals surface area contributed by atoms with E-state index in [1.165, 1.54) is 16.7 Å². The van der Waals surface area contributed by atoms with Crippen LogP contribution in [-0.2, 0) is 16.0 Å². The maximum absolute atomic E-state index is 11.6. The summed E-state index contributed by atoms with van der Waals surface area (Å²) in [5, 5.41) is 19.3. The van der Waals surface area contributed by atoms with Crippen LogP contribution in [0.1, 0.15) is 78.6 Å². The van der Waals surface area contributed by atoms with Crippen LogP contribution in [0.25, 0.3) is 50.4 Å². The SMILES string of the molecule is CCc1c(C)c2cc3nc(cc4[nH]c(cc5nc(cc1[nH]2)C(C)=C5[C@@H]1CS1)c(C)c4/C=C/C(=O)O)C(CCC(=O)O)=C3C. The summed E-state index contributed by atoms with van der Waals surface area (Å²) in [7, 11) is 0. The van der Waals surface area contributed by atoms with E-state index in [2.05, 4.69) is 42.9 Å². The molecule has 3 aliphatic rings. The van der Waals surface area contributed by atoms with Gasteiger partial charge in [0.15, 0.2) is 0 Å². The number of aromatic amines is 2. The van der Waals surface area contributed by atoms with Crippen molar-refractivity contribution in [3.63, 3.8) is 0 Å². The Morgan fingerprint density at radius 1 is 0.884 bits per heavy atom. The minimum absolute atomic E-state index is 0.0198. The summed E-state index contributed by atoms with van der Waals surface area (Å²) >= 11 is 1.91. The van der Waals surface area contributed by atoms with Gasteiger partial charge in [0.05, 0.1) is 22.8 Å². The number of hydrogen-bond acceptors (Lipinski definition) is 5. The molecule has 1 atom stereocenters. The first-order chi connectivity index (χ1) is 20.5. The minimum Gasteiger partial charge on any atom is -0.481 e. The highest BCUT2D eigenvalue weighted by Crippen LogP contribution is 2.46. The van der Waals surface area contributed by atoms with Crippen LogP contribution in [0.4, 0.5) is 0 Å². The van der Waals surface area contributed by atoms with E-state index in [-0.39, 0.29) is 6.42 Å². The van der Waals surface area contributed by atoms with Crippen LogP contribution in [0, 0.1) is 13.8 Å². The van der Waals surface area contributed by atoms with Gasteiger partial charge in [-0.1, -0.05) is 6.92 Å². The molecule has 0 aliphatic carbocycles. The van der Waals surface area contributed by atoms with Crippen LogP contribution in [-0.4, -0.2) is 53.1 Å². The number of carbonyl (C=O) groups is 2. The summed E-state index contributed by atoms with van der Waals surface area (Å²) in [5.41, 5.74) is 15.0. The smallest absolute Gasteiger partial charge is 0.328 e. The Bertz CT molecular complexity index is 1970. The second-order valence-corrected chi connectivity index (χ2v) is 12.5. The number of hydrogen-bond donors (Lipinski definition) is 4. The van der Waals surface area contributed by atoms with Gasteiger partial charge in [-0.25, -0.2) is 14.8 Å². The van der Waals surface area contributed by atoms with E-state index >= 15 is 0 Å². The summed E-state index contributed by atoms with van der Waals surface area (Å²) < 4.78 is 0. The lowest BCUT2D eigenvalue weighted by atomic mass is 10.0. The number of aliphatic carboxylic acids is 2. The topological polar surface area (TPSA) is 132 Å². The summed E-state index contributed by atoms with van der Waals surface area (Å²) in [6, 6.07) is 8.16. The second-order valence-electron chi connectivity index (χ2n) is 11.3. The van der Waals surface area contributed by atoms with E-state index < -0.39 is 11.9 Å². The molecule has 8 bridgehead atoms. The first-order valence-electron chi connectivity index (χ1n) is 14.5. The van der Waals surface area contributed by atoms with Crippen molar-refractivity contribution in [2.24, 2.45) is 0 Å². The molecule has 1 saturated heterocycles. The number of allylic oxidation sites excluding steroid dienone is 3. The molecule has 8 nitrogen and oxygen atoms in total. The van der Waals surface area contributed by atoms with Crippen molar-refractivity contribution in [2.45, 2.75) is 59.1 Å². The van der Waals surface area contributed by atoms with Crippen molar-refractivity contribution in [1.82, 2.24) is 19.9 Å². The molecule has 0 radical (unpaired) electrons. The fourth-order valence-corrected chi connectivity index (χ4v) is 6.87. The zero-order valence-electron chi connectivity index (χ0n) is 24.9. The number of nitrogens with one attached hydrogen (secondary N) is 2. The highest BCUT2D eigenvalue weighted by molar-refractivity contribution is 8.07. The molecular formula is C34H34N4O4S. The standard InChI is InChI=1S/C34H34N4O4S/c1-6-20-16(2)23-11-24-17(3)21(7-9-32(39)40)28(36-24)14-29-22(8-10-33(41)42)18(4)25(37-29)13-30-34(31-15-43-31)19(5)26(38-30)12-27(20)35-23/h8,10-14,31,35,37H,6-7,9,15H2,1-5H3,(H,39,40)(H,41,42)/b10-8+,23-11?,24-11?,25-13?,26-12?,27-12?,28-14?,29-14?,30-13?/t31-/m0/s1. The summed E-state index contributed by atoms with van der Waals surface area (Å²) in [6.45, 7) is 10.4. The van der Waals surface area contributed by atoms with Crippen LogP contribution in [0.3, 0.4) is 0 Å². The Balaban J connectivity index is 1.75. The monoisotopic (exact) mass is 594 g/mol. The third kappa shape index (κ3) is 5.33. The van der Waals surface area contributed by atoms with E-state index in [0.29, 0.717) is 22.9 Å². The van der Waals surface area contributed by atoms with Crippen LogP contribution >= 0.6 is 11.8 Å². The molecular weight excluding hydrogens is 560 g/mol. The van der Waals surface area contributed by atoms with Crippen molar-refractivity contribution in [1.29, 1.82) is 0 Å². The van der Waals surface area contributed by atoms with E-state index in [1.54, 1.807) is 6.08 Å². The van der Waals surface area contributed by atoms with Gasteiger partial charge in [-0.3, -0.25) is 4.79 Å². The molecule has 0 amide bonds. The first kappa shape index (κ1) is 28.7. The van der Waals surface area contributed by atoms with E-state index in [1.807, 2.05) is 37.7 Å². The number of nitrogens with zero attached hydrogens (tertiary/aromatic N) is 2. The molecule has 3 aliphatic heterocycles. The molecule has 43 heavy (non-hydrogen) atoms. The molecule has 1 fully saturated rings. The van der Waals surface area contributed by atoms with Gasteiger partial charge in [0.2, 0.25) is 0 Å². The van der Waals surface area contributed by atoms with Crippen LogP contribution in [0.15, 0.2) is 30.3 Å². The third-order valence-corrected chi connectivity index (χ3v) is 9.53. The average molecular weight is 595 g/mol. The number of aromatic nitrogens is 4. The number of carboxylic acids is 2. The van der Waals surface area contributed by atoms with E-state index in [0.717, 1.165) is 79.7 Å². The van der Waals surface area contributed by atoms with Crippen molar-refractivity contribution >= 4 is 74.1 Å². The Morgan fingerprint density at radius 3 is 2.16 bits per heavy atom. The predicted octanol–water partition coefficient (Wildman–Crippen LogP) is 7.43. The maximum Gasteiger partial charge on any atom is 0.328 e. The number of aryl methyl sites for hydroxylation is 3. The molecule has 6 rings (SSSR count). The summed E-state index contributed by atoms with van der Waals surface area (Å²) in [6.07, 6.45) is 3.90. The molecule has 4 N–H and O–H groups in total. The number of fused-ring (bicyclic) bond motifs is 8. The second kappa shape index (κ2) is 11.0.